The number of para-hydroxylation sites is 2. The molecule has 0 aliphatic rings. The van der Waals surface area contributed by atoms with Gasteiger partial charge in [0.2, 0.25) is 5.52 Å². The van der Waals surface area contributed by atoms with Crippen molar-refractivity contribution in [3.05, 3.63) is 36.2 Å². The highest BCUT2D eigenvalue weighted by atomic mass is 127. The first-order valence-electron chi connectivity index (χ1n) is 4.24. The topological polar surface area (TPSA) is 49.4 Å². The molecule has 1 aromatic carbocycles. The number of nitrogens with zero attached hydrogens (tertiary/aromatic N) is 3. The normalized spacial score (nSPS) is 10.5. The van der Waals surface area contributed by atoms with Crippen molar-refractivity contribution < 1.29 is 33.8 Å². The number of aromatic nitrogens is 2. The molecule has 2 aromatic rings. The number of fused-ring (bicyclic) bond motifs is 1. The van der Waals surface area contributed by atoms with Gasteiger partial charge in [-0.3, -0.25) is 0 Å². The molecule has 0 spiro atoms. The molecule has 1 N–H and O–H groups in total. The zero-order chi connectivity index (χ0) is 9.97. The molecule has 0 bridgehead atoms. The standard InChI is InChI=1S/C10H9N3O.HI/c1-13-7-8(6-11-14)12-9-4-2-3-5-10(9)13;/h2-7H,1H3;1H. The molecule has 0 aliphatic heterocycles. The fourth-order valence-corrected chi connectivity index (χ4v) is 1.41. The molecule has 0 amide bonds. The summed E-state index contributed by atoms with van der Waals surface area (Å²) < 4.78 is 1.94. The van der Waals surface area contributed by atoms with Crippen LogP contribution in [0.4, 0.5) is 0 Å². The van der Waals surface area contributed by atoms with Gasteiger partial charge in [-0.2, -0.15) is 4.57 Å². The number of hydrogen-bond acceptors (Lipinski definition) is 3. The van der Waals surface area contributed by atoms with Crippen LogP contribution in [0.2, 0.25) is 0 Å². The minimum Gasteiger partial charge on any atom is -1.00 e. The van der Waals surface area contributed by atoms with Crippen LogP contribution in [0.25, 0.3) is 11.0 Å². The van der Waals surface area contributed by atoms with Gasteiger partial charge in [0.05, 0.1) is 6.21 Å². The molecule has 78 valence electrons. The zero-order valence-electron chi connectivity index (χ0n) is 8.13. The number of oxime groups is 1. The summed E-state index contributed by atoms with van der Waals surface area (Å²) >= 11 is 0. The van der Waals surface area contributed by atoms with E-state index in [0.29, 0.717) is 5.69 Å². The number of aryl methyl sites for hydroxylation is 1. The first kappa shape index (κ1) is 11.8. The number of halogens is 1. The Labute approximate surface area is 104 Å². The van der Waals surface area contributed by atoms with E-state index in [2.05, 4.69) is 10.1 Å². The van der Waals surface area contributed by atoms with E-state index in [9.17, 15) is 0 Å². The predicted molar refractivity (Wildman–Crippen MR) is 52.3 cm³/mol. The summed E-state index contributed by atoms with van der Waals surface area (Å²) in [5, 5.41) is 11.4. The van der Waals surface area contributed by atoms with Crippen LogP contribution in [-0.4, -0.2) is 16.4 Å². The Hall–Kier alpha value is -1.24. The van der Waals surface area contributed by atoms with Gasteiger partial charge in [0.25, 0.3) is 0 Å². The Morgan fingerprint density at radius 2 is 2.13 bits per heavy atom. The molecule has 0 atom stereocenters. The molecular formula is C10H10IN3O. The number of rotatable bonds is 1. The van der Waals surface area contributed by atoms with Gasteiger partial charge in [0.1, 0.15) is 18.3 Å². The molecule has 0 unspecified atom stereocenters. The van der Waals surface area contributed by atoms with Crippen LogP contribution in [0.5, 0.6) is 0 Å². The highest BCUT2D eigenvalue weighted by Crippen LogP contribution is 2.05. The SMILES string of the molecule is C[n+]1cc(C=NO)nc2ccccc21.[I-]. The second-order valence-corrected chi connectivity index (χ2v) is 3.01. The van der Waals surface area contributed by atoms with Crippen molar-refractivity contribution in [2.75, 3.05) is 0 Å². The lowest BCUT2D eigenvalue weighted by Crippen LogP contribution is -3.00. The summed E-state index contributed by atoms with van der Waals surface area (Å²) in [6.07, 6.45) is 3.12. The largest absolute Gasteiger partial charge is 1.00 e. The molecule has 0 radical (unpaired) electrons. The fourth-order valence-electron chi connectivity index (χ4n) is 1.41. The van der Waals surface area contributed by atoms with Crippen LogP contribution in [0.3, 0.4) is 0 Å². The highest BCUT2D eigenvalue weighted by molar-refractivity contribution is 5.79. The monoisotopic (exact) mass is 315 g/mol. The van der Waals surface area contributed by atoms with E-state index in [4.69, 9.17) is 5.21 Å². The lowest BCUT2D eigenvalue weighted by molar-refractivity contribution is -0.645. The van der Waals surface area contributed by atoms with E-state index < -0.39 is 0 Å². The van der Waals surface area contributed by atoms with Gasteiger partial charge in [0.15, 0.2) is 6.20 Å². The van der Waals surface area contributed by atoms with Crippen molar-refractivity contribution in [1.29, 1.82) is 0 Å². The Morgan fingerprint density at radius 3 is 2.87 bits per heavy atom. The minimum atomic E-state index is 0. The van der Waals surface area contributed by atoms with E-state index in [1.807, 2.05) is 42.1 Å². The van der Waals surface area contributed by atoms with Crippen LogP contribution in [0.1, 0.15) is 5.69 Å². The number of hydrogen-bond donors (Lipinski definition) is 1. The fraction of sp³-hybridized carbons (Fsp3) is 0.100. The van der Waals surface area contributed by atoms with Gasteiger partial charge in [-0.15, -0.1) is 0 Å². The Balaban J connectivity index is 0.00000112. The highest BCUT2D eigenvalue weighted by Gasteiger charge is 2.06. The van der Waals surface area contributed by atoms with Gasteiger partial charge in [-0.1, -0.05) is 17.3 Å². The summed E-state index contributed by atoms with van der Waals surface area (Å²) in [5.74, 6) is 0. The van der Waals surface area contributed by atoms with Crippen molar-refractivity contribution in [1.82, 2.24) is 4.98 Å². The van der Waals surface area contributed by atoms with Gasteiger partial charge in [-0.25, -0.2) is 4.98 Å². The van der Waals surface area contributed by atoms with E-state index in [1.165, 1.54) is 6.21 Å². The Morgan fingerprint density at radius 1 is 1.40 bits per heavy atom. The molecule has 0 aliphatic carbocycles. The third-order valence-electron chi connectivity index (χ3n) is 2.03. The van der Waals surface area contributed by atoms with Crippen LogP contribution in [-0.2, 0) is 7.05 Å². The Kier molecular flexibility index (Phi) is 3.96. The first-order chi connectivity index (χ1) is 6.81. The van der Waals surface area contributed by atoms with E-state index in [-0.39, 0.29) is 24.0 Å². The molecular weight excluding hydrogens is 305 g/mol. The third kappa shape index (κ3) is 2.41. The van der Waals surface area contributed by atoms with Crippen molar-refractivity contribution >= 4 is 17.2 Å². The van der Waals surface area contributed by atoms with Crippen molar-refractivity contribution in [2.45, 2.75) is 0 Å². The maximum absolute atomic E-state index is 8.40. The van der Waals surface area contributed by atoms with Crippen LogP contribution in [0.15, 0.2) is 35.6 Å². The third-order valence-corrected chi connectivity index (χ3v) is 2.03. The Bertz CT molecular complexity index is 499. The zero-order valence-corrected chi connectivity index (χ0v) is 10.3. The summed E-state index contributed by atoms with van der Waals surface area (Å²) in [7, 11) is 1.93. The molecule has 1 heterocycles. The summed E-state index contributed by atoms with van der Waals surface area (Å²) in [6.45, 7) is 0. The van der Waals surface area contributed by atoms with Gasteiger partial charge in [0, 0.05) is 6.07 Å². The molecule has 0 fully saturated rings. The average molecular weight is 315 g/mol. The summed E-state index contributed by atoms with van der Waals surface area (Å²) in [6, 6.07) is 7.80. The van der Waals surface area contributed by atoms with Gasteiger partial charge >= 0.3 is 0 Å². The molecule has 5 heteroatoms. The molecule has 1 aromatic heterocycles. The van der Waals surface area contributed by atoms with Gasteiger partial charge < -0.3 is 29.2 Å². The molecule has 0 saturated carbocycles. The molecule has 4 nitrogen and oxygen atoms in total. The maximum Gasteiger partial charge on any atom is 0.230 e. The van der Waals surface area contributed by atoms with Crippen molar-refractivity contribution in [2.24, 2.45) is 12.2 Å². The second-order valence-electron chi connectivity index (χ2n) is 3.01. The number of benzene rings is 1. The lowest BCUT2D eigenvalue weighted by Gasteiger charge is -1.96. The second kappa shape index (κ2) is 5.01. The van der Waals surface area contributed by atoms with E-state index >= 15 is 0 Å². The van der Waals surface area contributed by atoms with Crippen molar-refractivity contribution in [3.8, 4) is 0 Å². The lowest BCUT2D eigenvalue weighted by atomic mass is 10.3. The smallest absolute Gasteiger partial charge is 0.230 e. The summed E-state index contributed by atoms with van der Waals surface area (Å²) in [5.41, 5.74) is 2.56. The van der Waals surface area contributed by atoms with Crippen LogP contribution < -0.4 is 28.5 Å². The van der Waals surface area contributed by atoms with Crippen LogP contribution >= 0.6 is 0 Å². The predicted octanol–water partition coefficient (Wildman–Crippen LogP) is -2.13. The van der Waals surface area contributed by atoms with Crippen molar-refractivity contribution in [3.63, 3.8) is 0 Å². The quantitative estimate of drug-likeness (QED) is 0.215. The molecule has 15 heavy (non-hydrogen) atoms. The average Bonchev–Trinajstić information content (AvgIpc) is 2.18. The molecule has 0 saturated heterocycles. The maximum atomic E-state index is 8.40. The molecule has 2 rings (SSSR count). The van der Waals surface area contributed by atoms with E-state index in [0.717, 1.165) is 11.0 Å². The first-order valence-corrected chi connectivity index (χ1v) is 4.24. The summed E-state index contributed by atoms with van der Waals surface area (Å²) in [4.78, 5) is 4.30. The van der Waals surface area contributed by atoms with E-state index in [1.54, 1.807) is 0 Å². The van der Waals surface area contributed by atoms with Gasteiger partial charge in [-0.05, 0) is 6.07 Å². The minimum absolute atomic E-state index is 0. The van der Waals surface area contributed by atoms with Crippen LogP contribution in [0, 0.1) is 0 Å².